The minimum atomic E-state index is -0.365. The Bertz CT molecular complexity index is 827. The molecule has 2 aromatic rings. The summed E-state index contributed by atoms with van der Waals surface area (Å²) in [5.41, 5.74) is 0.789. The number of rotatable bonds is 7. The zero-order valence-corrected chi connectivity index (χ0v) is 16.6. The summed E-state index contributed by atoms with van der Waals surface area (Å²) in [6.07, 6.45) is 0.209. The molecule has 0 aromatic heterocycles. The van der Waals surface area contributed by atoms with Crippen LogP contribution < -0.4 is 19.7 Å². The Morgan fingerprint density at radius 2 is 1.89 bits per heavy atom. The molecule has 6 nitrogen and oxygen atoms in total. The van der Waals surface area contributed by atoms with E-state index >= 15 is 0 Å². The van der Waals surface area contributed by atoms with Crippen LogP contribution in [0.25, 0.3) is 0 Å². The van der Waals surface area contributed by atoms with Crippen LogP contribution in [-0.4, -0.2) is 38.6 Å². The third kappa shape index (κ3) is 4.60. The number of halogens is 1. The fourth-order valence-electron chi connectivity index (χ4n) is 3.00. The van der Waals surface area contributed by atoms with E-state index < -0.39 is 0 Å². The number of ether oxygens (including phenoxy) is 2. The summed E-state index contributed by atoms with van der Waals surface area (Å²) in [6.45, 7) is 1.05. The summed E-state index contributed by atoms with van der Waals surface area (Å²) in [7, 11) is 1.58. The molecule has 0 radical (unpaired) electrons. The molecule has 2 aromatic carbocycles. The van der Waals surface area contributed by atoms with Gasteiger partial charge in [-0.3, -0.25) is 9.59 Å². The summed E-state index contributed by atoms with van der Waals surface area (Å²) in [6, 6.07) is 14.9. The lowest BCUT2D eigenvalue weighted by Crippen LogP contribution is -2.35. The van der Waals surface area contributed by atoms with Crippen molar-refractivity contribution in [3.63, 3.8) is 0 Å². The van der Waals surface area contributed by atoms with Crippen LogP contribution >= 0.6 is 15.9 Å². The van der Waals surface area contributed by atoms with E-state index in [0.717, 1.165) is 10.2 Å². The van der Waals surface area contributed by atoms with Crippen LogP contribution in [0, 0.1) is 5.92 Å². The van der Waals surface area contributed by atoms with Gasteiger partial charge < -0.3 is 19.7 Å². The molecule has 1 atom stereocenters. The fourth-order valence-corrected chi connectivity index (χ4v) is 3.50. The van der Waals surface area contributed by atoms with Crippen molar-refractivity contribution in [2.45, 2.75) is 6.42 Å². The van der Waals surface area contributed by atoms with Gasteiger partial charge >= 0.3 is 0 Å². The molecule has 0 spiro atoms. The van der Waals surface area contributed by atoms with Crippen LogP contribution in [0.1, 0.15) is 6.42 Å². The second-order valence-corrected chi connectivity index (χ2v) is 7.00. The molecule has 1 heterocycles. The monoisotopic (exact) mass is 432 g/mol. The Kier molecular flexibility index (Phi) is 6.34. The Labute approximate surface area is 166 Å². The molecular formula is C20H21BrN2O4. The molecule has 142 valence electrons. The third-order valence-corrected chi connectivity index (χ3v) is 5.04. The van der Waals surface area contributed by atoms with Crippen LogP contribution in [0.15, 0.2) is 53.0 Å². The highest BCUT2D eigenvalue weighted by Crippen LogP contribution is 2.31. The zero-order valence-electron chi connectivity index (χ0n) is 15.0. The Morgan fingerprint density at radius 3 is 2.63 bits per heavy atom. The maximum atomic E-state index is 12.4. The molecule has 1 unspecified atom stereocenters. The molecule has 3 rings (SSSR count). The van der Waals surface area contributed by atoms with E-state index in [2.05, 4.69) is 21.2 Å². The lowest BCUT2D eigenvalue weighted by Gasteiger charge is -2.18. The van der Waals surface area contributed by atoms with Crippen LogP contribution in [0.4, 0.5) is 5.69 Å². The lowest BCUT2D eigenvalue weighted by molar-refractivity contribution is -0.126. The predicted molar refractivity (Wildman–Crippen MR) is 106 cm³/mol. The van der Waals surface area contributed by atoms with Crippen molar-refractivity contribution < 1.29 is 19.1 Å². The lowest BCUT2D eigenvalue weighted by atomic mass is 10.1. The van der Waals surface area contributed by atoms with Crippen molar-refractivity contribution in [3.8, 4) is 11.5 Å². The smallest absolute Gasteiger partial charge is 0.227 e. The first-order valence-electron chi connectivity index (χ1n) is 8.68. The number of methoxy groups -OCH3 is 1. The van der Waals surface area contributed by atoms with Gasteiger partial charge in [0.2, 0.25) is 11.8 Å². The van der Waals surface area contributed by atoms with Crippen molar-refractivity contribution in [3.05, 3.63) is 53.0 Å². The summed E-state index contributed by atoms with van der Waals surface area (Å²) in [4.78, 5) is 26.4. The molecule has 27 heavy (non-hydrogen) atoms. The van der Waals surface area contributed by atoms with E-state index in [1.807, 2.05) is 48.5 Å². The van der Waals surface area contributed by atoms with E-state index in [1.165, 1.54) is 0 Å². The van der Waals surface area contributed by atoms with E-state index in [0.29, 0.717) is 31.2 Å². The van der Waals surface area contributed by atoms with Crippen molar-refractivity contribution in [2.24, 2.45) is 5.92 Å². The maximum Gasteiger partial charge on any atom is 0.227 e. The van der Waals surface area contributed by atoms with Gasteiger partial charge in [0.1, 0.15) is 6.61 Å². The summed E-state index contributed by atoms with van der Waals surface area (Å²) < 4.78 is 11.7. The maximum absolute atomic E-state index is 12.4. The van der Waals surface area contributed by atoms with Gasteiger partial charge in [0.15, 0.2) is 11.5 Å². The van der Waals surface area contributed by atoms with E-state index in [4.69, 9.17) is 9.47 Å². The Hall–Kier alpha value is -2.54. The third-order valence-electron chi connectivity index (χ3n) is 4.37. The largest absolute Gasteiger partial charge is 0.493 e. The number of para-hydroxylation sites is 3. The molecule has 0 bridgehead atoms. The van der Waals surface area contributed by atoms with Crippen LogP contribution in [0.3, 0.4) is 0 Å². The van der Waals surface area contributed by atoms with E-state index in [1.54, 1.807) is 12.0 Å². The number of carbonyl (C=O) groups excluding carboxylic acids is 2. The minimum Gasteiger partial charge on any atom is -0.493 e. The van der Waals surface area contributed by atoms with E-state index in [-0.39, 0.29) is 24.2 Å². The molecule has 1 aliphatic rings. The molecule has 1 N–H and O–H groups in total. The SMILES string of the molecule is COc1ccccc1OCCNC(=O)C1CC(=O)N(c2ccccc2Br)C1. The van der Waals surface area contributed by atoms with Gasteiger partial charge in [0.05, 0.1) is 25.3 Å². The number of hydrogen-bond donors (Lipinski definition) is 1. The quantitative estimate of drug-likeness (QED) is 0.682. The molecule has 1 saturated heterocycles. The second kappa shape index (κ2) is 8.90. The number of amides is 2. The van der Waals surface area contributed by atoms with Gasteiger partial charge in [0, 0.05) is 17.4 Å². The molecule has 7 heteroatoms. The summed E-state index contributed by atoms with van der Waals surface area (Å²) in [5.74, 6) is 0.726. The highest BCUT2D eigenvalue weighted by molar-refractivity contribution is 9.10. The van der Waals surface area contributed by atoms with Crippen LogP contribution in [-0.2, 0) is 9.59 Å². The highest BCUT2D eigenvalue weighted by atomic mass is 79.9. The number of carbonyl (C=O) groups is 2. The molecule has 1 fully saturated rings. The molecule has 1 aliphatic heterocycles. The van der Waals surface area contributed by atoms with Crippen LogP contribution in [0.5, 0.6) is 11.5 Å². The van der Waals surface area contributed by atoms with Crippen molar-refractivity contribution in [2.75, 3.05) is 31.7 Å². The summed E-state index contributed by atoms with van der Waals surface area (Å²) >= 11 is 3.45. The van der Waals surface area contributed by atoms with Crippen LogP contribution in [0.2, 0.25) is 0 Å². The van der Waals surface area contributed by atoms with Gasteiger partial charge in [-0.1, -0.05) is 24.3 Å². The normalized spacial score (nSPS) is 16.3. The number of nitrogens with zero attached hydrogens (tertiary/aromatic N) is 1. The first-order valence-corrected chi connectivity index (χ1v) is 9.48. The number of nitrogens with one attached hydrogen (secondary N) is 1. The standard InChI is InChI=1S/C20H21BrN2O4/c1-26-17-8-4-5-9-18(17)27-11-10-22-20(25)14-12-19(24)23(13-14)16-7-3-2-6-15(16)21/h2-9,14H,10-13H2,1H3,(H,22,25). The fraction of sp³-hybridized carbons (Fsp3) is 0.300. The second-order valence-electron chi connectivity index (χ2n) is 6.15. The van der Waals surface area contributed by atoms with Gasteiger partial charge in [-0.2, -0.15) is 0 Å². The number of hydrogen-bond acceptors (Lipinski definition) is 4. The molecular weight excluding hydrogens is 412 g/mol. The predicted octanol–water partition coefficient (Wildman–Crippen LogP) is 3.01. The Balaban J connectivity index is 1.49. The van der Waals surface area contributed by atoms with Crippen molar-refractivity contribution in [1.82, 2.24) is 5.32 Å². The van der Waals surface area contributed by atoms with E-state index in [9.17, 15) is 9.59 Å². The minimum absolute atomic E-state index is 0.0488. The molecule has 0 saturated carbocycles. The number of benzene rings is 2. The van der Waals surface area contributed by atoms with Gasteiger partial charge in [-0.25, -0.2) is 0 Å². The van der Waals surface area contributed by atoms with Gasteiger partial charge in [-0.05, 0) is 40.2 Å². The van der Waals surface area contributed by atoms with Gasteiger partial charge in [-0.15, -0.1) is 0 Å². The highest BCUT2D eigenvalue weighted by Gasteiger charge is 2.35. The van der Waals surface area contributed by atoms with Crippen molar-refractivity contribution >= 4 is 33.4 Å². The topological polar surface area (TPSA) is 67.9 Å². The number of anilines is 1. The van der Waals surface area contributed by atoms with Crippen molar-refractivity contribution in [1.29, 1.82) is 0 Å². The first kappa shape index (κ1) is 19.2. The molecule has 2 amide bonds. The summed E-state index contributed by atoms with van der Waals surface area (Å²) in [5, 5.41) is 2.84. The first-order chi connectivity index (χ1) is 13.1. The Morgan fingerprint density at radius 1 is 1.19 bits per heavy atom. The average Bonchev–Trinajstić information content (AvgIpc) is 3.07. The zero-order chi connectivity index (χ0) is 19.2. The average molecular weight is 433 g/mol. The molecule has 0 aliphatic carbocycles. The van der Waals surface area contributed by atoms with Gasteiger partial charge in [0.25, 0.3) is 0 Å².